The second-order valence-corrected chi connectivity index (χ2v) is 7.23. The van der Waals surface area contributed by atoms with Crippen molar-refractivity contribution in [3.63, 3.8) is 0 Å². The molecule has 0 aliphatic carbocycles. The van der Waals surface area contributed by atoms with Gasteiger partial charge in [-0.1, -0.05) is 18.2 Å². The van der Waals surface area contributed by atoms with E-state index < -0.39 is 17.8 Å². The van der Waals surface area contributed by atoms with Crippen molar-refractivity contribution >= 4 is 51.5 Å². The van der Waals surface area contributed by atoms with Gasteiger partial charge in [-0.25, -0.2) is 9.59 Å². The van der Waals surface area contributed by atoms with Gasteiger partial charge in [0.25, 0.3) is 5.91 Å². The van der Waals surface area contributed by atoms with Crippen LogP contribution in [0.2, 0.25) is 0 Å². The van der Waals surface area contributed by atoms with Crippen LogP contribution in [-0.2, 0) is 14.3 Å². The molecule has 10 heteroatoms. The summed E-state index contributed by atoms with van der Waals surface area (Å²) in [5, 5.41) is 5.50. The zero-order chi connectivity index (χ0) is 22.1. The summed E-state index contributed by atoms with van der Waals surface area (Å²) < 4.78 is 15.5. The summed E-state index contributed by atoms with van der Waals surface area (Å²) >= 11 is 6.16. The molecule has 160 valence electrons. The number of para-hydroxylation sites is 1. The number of anilines is 1. The second kappa shape index (κ2) is 11.3. The number of hydrogen-bond acceptors (Lipinski definition) is 8. The predicted octanol–water partition coefficient (Wildman–Crippen LogP) is 3.30. The number of rotatable bonds is 8. The molecular formula is C20H22N2O6S2. The lowest BCUT2D eigenvalue weighted by atomic mass is 10.1. The van der Waals surface area contributed by atoms with E-state index >= 15 is 0 Å². The Morgan fingerprint density at radius 2 is 1.67 bits per heavy atom. The molecular weight excluding hydrogens is 428 g/mol. The number of thiophene rings is 1. The third kappa shape index (κ3) is 6.26. The maximum atomic E-state index is 12.4. The van der Waals surface area contributed by atoms with Crippen LogP contribution in [0.4, 0.5) is 5.00 Å². The van der Waals surface area contributed by atoms with E-state index in [0.29, 0.717) is 11.3 Å². The van der Waals surface area contributed by atoms with Crippen molar-refractivity contribution in [1.82, 2.24) is 5.32 Å². The van der Waals surface area contributed by atoms with Crippen LogP contribution >= 0.6 is 23.6 Å². The molecule has 0 atom stereocenters. The number of hydrogen-bond donors (Lipinski definition) is 2. The second-order valence-electron chi connectivity index (χ2n) is 5.81. The molecule has 1 aromatic carbocycles. The minimum atomic E-state index is -0.606. The van der Waals surface area contributed by atoms with Crippen LogP contribution in [0.25, 0.3) is 0 Å². The Morgan fingerprint density at radius 3 is 2.30 bits per heavy atom. The SMILES string of the molecule is CCOC(=O)c1sc(NC(=S)NC(=O)COc2ccccc2)c(C(=O)OCC)c1C. The average Bonchev–Trinajstić information content (AvgIpc) is 3.03. The molecule has 0 saturated carbocycles. The molecule has 0 unspecified atom stereocenters. The quantitative estimate of drug-likeness (QED) is 0.467. The lowest BCUT2D eigenvalue weighted by Crippen LogP contribution is -2.37. The van der Waals surface area contributed by atoms with E-state index in [0.717, 1.165) is 11.3 Å². The van der Waals surface area contributed by atoms with Crippen molar-refractivity contribution < 1.29 is 28.6 Å². The third-order valence-electron chi connectivity index (χ3n) is 3.68. The van der Waals surface area contributed by atoms with Gasteiger partial charge in [0.2, 0.25) is 0 Å². The van der Waals surface area contributed by atoms with E-state index in [1.54, 1.807) is 45.0 Å². The van der Waals surface area contributed by atoms with Crippen LogP contribution < -0.4 is 15.4 Å². The van der Waals surface area contributed by atoms with E-state index in [9.17, 15) is 14.4 Å². The van der Waals surface area contributed by atoms with Crippen molar-refractivity contribution in [2.24, 2.45) is 0 Å². The van der Waals surface area contributed by atoms with Gasteiger partial charge in [0.15, 0.2) is 11.7 Å². The first-order chi connectivity index (χ1) is 14.4. The maximum Gasteiger partial charge on any atom is 0.348 e. The summed E-state index contributed by atoms with van der Waals surface area (Å²) in [7, 11) is 0. The number of esters is 2. The molecule has 0 fully saturated rings. The van der Waals surface area contributed by atoms with Gasteiger partial charge in [0.1, 0.15) is 15.6 Å². The minimum absolute atomic E-state index is 0.0427. The lowest BCUT2D eigenvalue weighted by Gasteiger charge is -2.11. The largest absolute Gasteiger partial charge is 0.484 e. The van der Waals surface area contributed by atoms with Gasteiger partial charge in [0.05, 0.1) is 18.8 Å². The van der Waals surface area contributed by atoms with Gasteiger partial charge in [-0.2, -0.15) is 0 Å². The molecule has 0 spiro atoms. The smallest absolute Gasteiger partial charge is 0.348 e. The molecule has 30 heavy (non-hydrogen) atoms. The lowest BCUT2D eigenvalue weighted by molar-refractivity contribution is -0.121. The molecule has 8 nitrogen and oxygen atoms in total. The highest BCUT2D eigenvalue weighted by molar-refractivity contribution is 7.80. The van der Waals surface area contributed by atoms with Crippen LogP contribution in [0.1, 0.15) is 39.4 Å². The van der Waals surface area contributed by atoms with Crippen LogP contribution in [0.5, 0.6) is 5.75 Å². The monoisotopic (exact) mass is 450 g/mol. The van der Waals surface area contributed by atoms with Gasteiger partial charge < -0.3 is 19.5 Å². The molecule has 0 aliphatic rings. The summed E-state index contributed by atoms with van der Waals surface area (Å²) in [5.74, 6) is -1.09. The summed E-state index contributed by atoms with van der Waals surface area (Å²) in [5.41, 5.74) is 0.586. The Hall–Kier alpha value is -2.98. The average molecular weight is 451 g/mol. The Morgan fingerprint density at radius 1 is 1.03 bits per heavy atom. The van der Waals surface area contributed by atoms with E-state index in [2.05, 4.69) is 10.6 Å². The topological polar surface area (TPSA) is 103 Å². The van der Waals surface area contributed by atoms with Crippen molar-refractivity contribution in [2.75, 3.05) is 25.1 Å². The minimum Gasteiger partial charge on any atom is -0.484 e. The van der Waals surface area contributed by atoms with Crippen LogP contribution in [-0.4, -0.2) is 42.8 Å². The number of benzene rings is 1. The third-order valence-corrected chi connectivity index (χ3v) is 5.07. The Labute approximate surface area is 183 Å². The molecule has 2 aromatic rings. The predicted molar refractivity (Wildman–Crippen MR) is 117 cm³/mol. The molecule has 2 rings (SSSR count). The first-order valence-electron chi connectivity index (χ1n) is 9.13. The normalized spacial score (nSPS) is 10.1. The fourth-order valence-electron chi connectivity index (χ4n) is 2.40. The summed E-state index contributed by atoms with van der Waals surface area (Å²) in [4.78, 5) is 36.9. The van der Waals surface area contributed by atoms with Gasteiger partial charge >= 0.3 is 11.9 Å². The number of amides is 1. The van der Waals surface area contributed by atoms with E-state index in [1.807, 2.05) is 6.07 Å². The van der Waals surface area contributed by atoms with Crippen LogP contribution in [0.3, 0.4) is 0 Å². The van der Waals surface area contributed by atoms with Gasteiger partial charge in [-0.05, 0) is 50.7 Å². The highest BCUT2D eigenvalue weighted by atomic mass is 32.1. The summed E-state index contributed by atoms with van der Waals surface area (Å²) in [6.07, 6.45) is 0. The highest BCUT2D eigenvalue weighted by Gasteiger charge is 2.27. The molecule has 0 aliphatic heterocycles. The molecule has 2 N–H and O–H groups in total. The Kier molecular flexibility index (Phi) is 8.75. The molecule has 0 bridgehead atoms. The van der Waals surface area contributed by atoms with Crippen molar-refractivity contribution in [2.45, 2.75) is 20.8 Å². The van der Waals surface area contributed by atoms with E-state index in [-0.39, 0.29) is 40.4 Å². The maximum absolute atomic E-state index is 12.4. The Balaban J connectivity index is 2.10. The highest BCUT2D eigenvalue weighted by Crippen LogP contribution is 2.34. The van der Waals surface area contributed by atoms with E-state index in [4.69, 9.17) is 26.4 Å². The zero-order valence-electron chi connectivity index (χ0n) is 16.8. The molecule has 1 amide bonds. The number of nitrogens with one attached hydrogen (secondary N) is 2. The Bertz CT molecular complexity index is 927. The van der Waals surface area contributed by atoms with Crippen molar-refractivity contribution in [3.8, 4) is 5.75 Å². The number of thiocarbonyl (C=S) groups is 1. The molecule has 1 aromatic heterocycles. The number of carbonyl (C=O) groups excluding carboxylic acids is 3. The van der Waals surface area contributed by atoms with Crippen LogP contribution in [0.15, 0.2) is 30.3 Å². The standard InChI is InChI=1S/C20H22N2O6S2/c1-4-26-18(24)15-12(3)16(19(25)27-5-2)30-17(15)22-20(29)21-14(23)11-28-13-9-7-6-8-10-13/h6-10H,4-5,11H2,1-3H3,(H2,21,22,23,29). The first kappa shape index (κ1) is 23.3. The van der Waals surface area contributed by atoms with E-state index in [1.165, 1.54) is 0 Å². The van der Waals surface area contributed by atoms with Crippen molar-refractivity contribution in [3.05, 3.63) is 46.3 Å². The van der Waals surface area contributed by atoms with Gasteiger partial charge in [-0.15, -0.1) is 11.3 Å². The molecule has 1 heterocycles. The number of ether oxygens (including phenoxy) is 3. The van der Waals surface area contributed by atoms with Crippen molar-refractivity contribution in [1.29, 1.82) is 0 Å². The summed E-state index contributed by atoms with van der Waals surface area (Å²) in [6, 6.07) is 8.86. The zero-order valence-corrected chi connectivity index (χ0v) is 18.4. The van der Waals surface area contributed by atoms with Crippen LogP contribution in [0, 0.1) is 6.92 Å². The molecule has 0 radical (unpaired) electrons. The fourth-order valence-corrected chi connectivity index (χ4v) is 3.78. The van der Waals surface area contributed by atoms with Gasteiger partial charge in [-0.3, -0.25) is 10.1 Å². The molecule has 0 saturated heterocycles. The fraction of sp³-hybridized carbons (Fsp3) is 0.300. The first-order valence-corrected chi connectivity index (χ1v) is 10.4. The summed E-state index contributed by atoms with van der Waals surface area (Å²) in [6.45, 7) is 5.11. The van der Waals surface area contributed by atoms with Gasteiger partial charge in [0, 0.05) is 0 Å². The number of carbonyl (C=O) groups is 3.